The Morgan fingerprint density at radius 1 is 1.14 bits per heavy atom. The summed E-state index contributed by atoms with van der Waals surface area (Å²) in [6.07, 6.45) is 7.87. The van der Waals surface area contributed by atoms with Crippen LogP contribution in [-0.4, -0.2) is 27.5 Å². The minimum atomic E-state index is 0.787. The normalized spacial score (nSPS) is 16.3. The number of hydrogen-bond donors (Lipinski definition) is 0. The molecule has 0 fully saturated rings. The minimum Gasteiger partial charge on any atom is -0.258 e. The van der Waals surface area contributed by atoms with Gasteiger partial charge in [-0.15, -0.1) is 0 Å². The van der Waals surface area contributed by atoms with Crippen molar-refractivity contribution in [3.63, 3.8) is 0 Å². The molecule has 1 aromatic carbocycles. The second kappa shape index (κ2) is 4.63. The number of allylic oxidation sites excluding steroid dienone is 1. The van der Waals surface area contributed by atoms with Gasteiger partial charge in [0.1, 0.15) is 5.82 Å². The van der Waals surface area contributed by atoms with Gasteiger partial charge in [0, 0.05) is 18.5 Å². The molecule has 0 aliphatic carbocycles. The van der Waals surface area contributed by atoms with E-state index in [4.69, 9.17) is 0 Å². The zero-order valence-electron chi connectivity index (χ0n) is 11.7. The molecule has 0 N–H and O–H groups in total. The molecule has 0 saturated carbocycles. The SMILES string of the molecule is Cc1cc(N2CC=C3N=CC=CN32)n(-c2ccccc2)n1. The number of rotatable bonds is 2. The number of para-hydroxylation sites is 1. The highest BCUT2D eigenvalue weighted by atomic mass is 15.7. The number of hydrogen-bond acceptors (Lipinski definition) is 4. The maximum Gasteiger partial charge on any atom is 0.151 e. The first-order valence-corrected chi connectivity index (χ1v) is 6.93. The van der Waals surface area contributed by atoms with Crippen LogP contribution in [0.3, 0.4) is 0 Å². The standard InChI is InChI=1S/C16H15N5/c1-13-12-16(21(18-13)14-6-3-2-4-7-14)20-11-8-15-17-9-5-10-19(15)20/h2-10,12H,11H2,1H3. The molecule has 2 aliphatic heterocycles. The Morgan fingerprint density at radius 2 is 2.00 bits per heavy atom. The van der Waals surface area contributed by atoms with Crippen molar-refractivity contribution < 1.29 is 0 Å². The molecule has 4 rings (SSSR count). The van der Waals surface area contributed by atoms with Gasteiger partial charge in [-0.2, -0.15) is 5.10 Å². The van der Waals surface area contributed by atoms with Gasteiger partial charge >= 0.3 is 0 Å². The smallest absolute Gasteiger partial charge is 0.151 e. The van der Waals surface area contributed by atoms with E-state index in [1.165, 1.54) is 0 Å². The fourth-order valence-corrected chi connectivity index (χ4v) is 2.61. The zero-order chi connectivity index (χ0) is 14.2. The van der Waals surface area contributed by atoms with Crippen molar-refractivity contribution in [1.82, 2.24) is 14.8 Å². The molecule has 0 amide bonds. The fourth-order valence-electron chi connectivity index (χ4n) is 2.61. The van der Waals surface area contributed by atoms with Crippen LogP contribution in [0.5, 0.6) is 0 Å². The van der Waals surface area contributed by atoms with Crippen molar-refractivity contribution in [2.45, 2.75) is 6.92 Å². The van der Waals surface area contributed by atoms with Crippen molar-refractivity contribution in [2.75, 3.05) is 11.6 Å². The highest BCUT2D eigenvalue weighted by molar-refractivity contribution is 5.74. The highest BCUT2D eigenvalue weighted by Crippen LogP contribution is 2.29. The lowest BCUT2D eigenvalue weighted by Crippen LogP contribution is -2.35. The fraction of sp³-hybridized carbons (Fsp3) is 0.125. The molecule has 2 aliphatic rings. The number of hydrazine groups is 1. The van der Waals surface area contributed by atoms with Gasteiger partial charge in [0.05, 0.1) is 17.9 Å². The average Bonchev–Trinajstić information content (AvgIpc) is 3.11. The van der Waals surface area contributed by atoms with Crippen molar-refractivity contribution in [2.24, 2.45) is 4.99 Å². The molecule has 21 heavy (non-hydrogen) atoms. The van der Waals surface area contributed by atoms with E-state index in [2.05, 4.69) is 44.4 Å². The highest BCUT2D eigenvalue weighted by Gasteiger charge is 2.26. The lowest BCUT2D eigenvalue weighted by molar-refractivity contribution is 0.453. The summed E-state index contributed by atoms with van der Waals surface area (Å²) < 4.78 is 1.97. The Balaban J connectivity index is 1.77. The molecule has 0 spiro atoms. The van der Waals surface area contributed by atoms with Gasteiger partial charge in [-0.1, -0.05) is 18.2 Å². The van der Waals surface area contributed by atoms with Crippen LogP contribution in [-0.2, 0) is 0 Å². The number of aryl methyl sites for hydroxylation is 1. The molecule has 0 unspecified atom stereocenters. The number of benzene rings is 1. The van der Waals surface area contributed by atoms with Crippen LogP contribution in [0, 0.1) is 6.92 Å². The third kappa shape index (κ3) is 1.94. The van der Waals surface area contributed by atoms with Gasteiger partial charge in [0.2, 0.25) is 0 Å². The molecular weight excluding hydrogens is 262 g/mol. The quantitative estimate of drug-likeness (QED) is 0.846. The first-order valence-electron chi connectivity index (χ1n) is 6.93. The average molecular weight is 277 g/mol. The molecule has 0 bridgehead atoms. The number of aliphatic imine (C=N–C) groups is 1. The van der Waals surface area contributed by atoms with Gasteiger partial charge in [0.15, 0.2) is 5.82 Å². The van der Waals surface area contributed by atoms with E-state index in [9.17, 15) is 0 Å². The first-order chi connectivity index (χ1) is 10.3. The van der Waals surface area contributed by atoms with Crippen molar-refractivity contribution in [3.8, 4) is 5.69 Å². The van der Waals surface area contributed by atoms with E-state index in [-0.39, 0.29) is 0 Å². The van der Waals surface area contributed by atoms with Crippen LogP contribution in [0.1, 0.15) is 5.69 Å². The summed E-state index contributed by atoms with van der Waals surface area (Å²) in [6.45, 7) is 2.80. The Morgan fingerprint density at radius 3 is 2.86 bits per heavy atom. The van der Waals surface area contributed by atoms with Crippen molar-refractivity contribution in [1.29, 1.82) is 0 Å². The van der Waals surface area contributed by atoms with E-state index in [1.807, 2.05) is 48.3 Å². The molecule has 3 heterocycles. The van der Waals surface area contributed by atoms with Crippen molar-refractivity contribution >= 4 is 12.0 Å². The summed E-state index contributed by atoms with van der Waals surface area (Å²) in [5.41, 5.74) is 2.05. The molecular formula is C16H15N5. The molecule has 1 aromatic heterocycles. The monoisotopic (exact) mass is 277 g/mol. The Kier molecular flexibility index (Phi) is 2.64. The number of nitrogens with zero attached hydrogens (tertiary/aromatic N) is 5. The maximum absolute atomic E-state index is 4.63. The van der Waals surface area contributed by atoms with E-state index < -0.39 is 0 Å². The summed E-state index contributed by atoms with van der Waals surface area (Å²) in [5, 5.41) is 8.84. The summed E-state index contributed by atoms with van der Waals surface area (Å²) in [5.74, 6) is 1.99. The number of fused-ring (bicyclic) bond motifs is 1. The predicted molar refractivity (Wildman–Crippen MR) is 83.2 cm³/mol. The summed E-state index contributed by atoms with van der Waals surface area (Å²) in [6, 6.07) is 12.3. The zero-order valence-corrected chi connectivity index (χ0v) is 11.7. The Labute approximate surface area is 123 Å². The van der Waals surface area contributed by atoms with E-state index in [0.29, 0.717) is 0 Å². The largest absolute Gasteiger partial charge is 0.258 e. The summed E-state index contributed by atoms with van der Waals surface area (Å²) >= 11 is 0. The van der Waals surface area contributed by atoms with E-state index >= 15 is 0 Å². The van der Waals surface area contributed by atoms with Crippen LogP contribution >= 0.6 is 0 Å². The van der Waals surface area contributed by atoms with Gasteiger partial charge in [0.25, 0.3) is 0 Å². The number of aromatic nitrogens is 2. The maximum atomic E-state index is 4.63. The van der Waals surface area contributed by atoms with E-state index in [1.54, 1.807) is 0 Å². The minimum absolute atomic E-state index is 0.787. The molecule has 0 atom stereocenters. The molecule has 0 radical (unpaired) electrons. The third-order valence-corrected chi connectivity index (χ3v) is 3.54. The molecule has 5 heteroatoms. The molecule has 0 saturated heterocycles. The lowest BCUT2D eigenvalue weighted by atomic mass is 10.3. The van der Waals surface area contributed by atoms with Gasteiger partial charge in [-0.05, 0) is 31.2 Å². The Hall–Kier alpha value is -2.82. The second-order valence-corrected chi connectivity index (χ2v) is 5.00. The lowest BCUT2D eigenvalue weighted by Gasteiger charge is -2.30. The van der Waals surface area contributed by atoms with Crippen LogP contribution in [0.2, 0.25) is 0 Å². The van der Waals surface area contributed by atoms with Crippen LogP contribution in [0.15, 0.2) is 65.6 Å². The Bertz CT molecular complexity index is 754. The molecule has 2 aromatic rings. The first kappa shape index (κ1) is 12.0. The van der Waals surface area contributed by atoms with Gasteiger partial charge < -0.3 is 0 Å². The van der Waals surface area contributed by atoms with Crippen LogP contribution in [0.4, 0.5) is 5.82 Å². The summed E-state index contributed by atoms with van der Waals surface area (Å²) in [4.78, 5) is 4.38. The van der Waals surface area contributed by atoms with Crippen LogP contribution < -0.4 is 5.01 Å². The van der Waals surface area contributed by atoms with Gasteiger partial charge in [-0.3, -0.25) is 5.01 Å². The van der Waals surface area contributed by atoms with Crippen LogP contribution in [0.25, 0.3) is 5.69 Å². The number of anilines is 1. The van der Waals surface area contributed by atoms with Crippen molar-refractivity contribution in [3.05, 3.63) is 66.3 Å². The summed E-state index contributed by atoms with van der Waals surface area (Å²) in [7, 11) is 0. The van der Waals surface area contributed by atoms with E-state index in [0.717, 1.165) is 29.6 Å². The third-order valence-electron chi connectivity index (χ3n) is 3.54. The molecule has 5 nitrogen and oxygen atoms in total. The topological polar surface area (TPSA) is 36.7 Å². The predicted octanol–water partition coefficient (Wildman–Crippen LogP) is 2.66. The second-order valence-electron chi connectivity index (χ2n) is 5.00. The molecule has 104 valence electrons. The van der Waals surface area contributed by atoms with Gasteiger partial charge in [-0.25, -0.2) is 14.7 Å².